The van der Waals surface area contributed by atoms with Gasteiger partial charge in [0, 0.05) is 42.5 Å². The van der Waals surface area contributed by atoms with Crippen LogP contribution in [0.2, 0.25) is 10.0 Å². The van der Waals surface area contributed by atoms with Crippen LogP contribution in [0.15, 0.2) is 60.7 Å². The molecular weight excluding hydrogens is 632 g/mol. The van der Waals surface area contributed by atoms with Gasteiger partial charge in [-0.2, -0.15) is 13.2 Å². The predicted molar refractivity (Wildman–Crippen MR) is 169 cm³/mol. The summed E-state index contributed by atoms with van der Waals surface area (Å²) in [5.41, 5.74) is 1.22. The van der Waals surface area contributed by atoms with E-state index in [9.17, 15) is 27.9 Å². The van der Waals surface area contributed by atoms with Gasteiger partial charge in [0.05, 0.1) is 34.7 Å². The maximum absolute atomic E-state index is 13.5. The van der Waals surface area contributed by atoms with Gasteiger partial charge < -0.3 is 25.4 Å². The predicted octanol–water partition coefficient (Wildman–Crippen LogP) is 6.94. The molecule has 13 heteroatoms. The molecule has 0 radical (unpaired) electrons. The van der Waals surface area contributed by atoms with Crippen LogP contribution in [-0.4, -0.2) is 65.7 Å². The number of anilines is 2. The molecule has 3 aromatic carbocycles. The van der Waals surface area contributed by atoms with E-state index < -0.39 is 23.8 Å². The first-order chi connectivity index (χ1) is 21.2. The number of hydrogen-bond acceptors (Lipinski definition) is 5. The van der Waals surface area contributed by atoms with Crippen molar-refractivity contribution in [3.8, 4) is 5.75 Å². The van der Waals surface area contributed by atoms with E-state index in [4.69, 9.17) is 27.9 Å². The monoisotopic (exact) mass is 666 g/mol. The lowest BCUT2D eigenvalue weighted by atomic mass is 10.0. The van der Waals surface area contributed by atoms with Crippen LogP contribution in [0.25, 0.3) is 0 Å². The molecule has 0 spiro atoms. The van der Waals surface area contributed by atoms with Crippen molar-refractivity contribution in [1.29, 1.82) is 0 Å². The number of aliphatic hydroxyl groups excluding tert-OH is 1. The number of halogens is 5. The Balaban J connectivity index is 1.54. The quantitative estimate of drug-likeness (QED) is 0.242. The van der Waals surface area contributed by atoms with Gasteiger partial charge in [-0.1, -0.05) is 36.2 Å². The number of rotatable bonds is 8. The van der Waals surface area contributed by atoms with E-state index in [1.807, 2.05) is 26.1 Å². The fourth-order valence-corrected chi connectivity index (χ4v) is 5.40. The molecule has 0 bridgehead atoms. The molecule has 3 aromatic rings. The van der Waals surface area contributed by atoms with Crippen LogP contribution in [0, 0.1) is 5.92 Å². The summed E-state index contributed by atoms with van der Waals surface area (Å²) in [4.78, 5) is 29.9. The molecule has 45 heavy (non-hydrogen) atoms. The highest BCUT2D eigenvalue weighted by atomic mass is 35.5. The molecule has 242 valence electrons. The van der Waals surface area contributed by atoms with Gasteiger partial charge in [0.1, 0.15) is 11.9 Å². The molecule has 1 aliphatic heterocycles. The number of likely N-dealkylation sites (N-methyl/N-ethyl adjacent to an activating group) is 1. The van der Waals surface area contributed by atoms with Crippen LogP contribution in [-0.2, 0) is 23.9 Å². The number of benzene rings is 3. The minimum Gasteiger partial charge on any atom is -0.488 e. The summed E-state index contributed by atoms with van der Waals surface area (Å²) in [7, 11) is 1.95. The number of carbonyl (C=O) groups is 2. The number of nitrogens with one attached hydrogen (secondary N) is 2. The molecule has 0 aliphatic carbocycles. The molecule has 0 saturated heterocycles. The Morgan fingerprint density at radius 1 is 1.07 bits per heavy atom. The average molecular weight is 668 g/mol. The highest BCUT2D eigenvalue weighted by Crippen LogP contribution is 2.31. The van der Waals surface area contributed by atoms with Crippen molar-refractivity contribution >= 4 is 46.5 Å². The molecule has 3 N–H and O–H groups in total. The van der Waals surface area contributed by atoms with Crippen molar-refractivity contribution in [3.05, 3.63) is 87.4 Å². The molecule has 0 fully saturated rings. The fraction of sp³-hybridized carbons (Fsp3) is 0.375. The van der Waals surface area contributed by atoms with Gasteiger partial charge >= 0.3 is 12.2 Å². The van der Waals surface area contributed by atoms with E-state index in [0.717, 1.165) is 29.8 Å². The minimum absolute atomic E-state index is 0.0335. The van der Waals surface area contributed by atoms with Gasteiger partial charge in [-0.05, 0) is 74.1 Å². The van der Waals surface area contributed by atoms with Gasteiger partial charge in [-0.15, -0.1) is 0 Å². The number of carbonyl (C=O) groups excluding carboxylic acids is 2. The van der Waals surface area contributed by atoms with E-state index in [1.54, 1.807) is 36.1 Å². The maximum Gasteiger partial charge on any atom is 0.416 e. The second-order valence-corrected chi connectivity index (χ2v) is 12.1. The standard InChI is InChI=1S/C32H35Cl2F3N4O4/c1-19-15-41(20(2)18-42)30(43)14-22-13-25(39-31(44)38-24-7-5-23(6-8-24)32(35,36)37)9-11-28(22)45-29(19)17-40(3)16-21-4-10-26(33)27(34)12-21/h4-13,19-20,29,42H,14-18H2,1-3H3,(H2,38,39,44)/t19-,20+,29+/m0/s1. The van der Waals surface area contributed by atoms with Crippen LogP contribution in [0.3, 0.4) is 0 Å². The SMILES string of the molecule is C[C@H](CO)N1C[C@H](C)[C@@H](CN(C)Cc2ccc(Cl)c(Cl)c2)Oc2ccc(NC(=O)Nc3ccc(C(F)(F)F)cc3)cc2CC1=O. The Labute approximate surface area is 270 Å². The summed E-state index contributed by atoms with van der Waals surface area (Å²) < 4.78 is 45.1. The van der Waals surface area contributed by atoms with Gasteiger partial charge in [0.25, 0.3) is 0 Å². The Morgan fingerprint density at radius 2 is 1.73 bits per heavy atom. The zero-order valence-corrected chi connectivity index (χ0v) is 26.5. The summed E-state index contributed by atoms with van der Waals surface area (Å²) in [6.07, 6.45) is -4.87. The molecule has 0 aromatic heterocycles. The lowest BCUT2D eigenvalue weighted by Gasteiger charge is -2.34. The number of urea groups is 1. The van der Waals surface area contributed by atoms with Crippen molar-refractivity contribution in [2.24, 2.45) is 5.92 Å². The maximum atomic E-state index is 13.5. The smallest absolute Gasteiger partial charge is 0.416 e. The number of nitrogens with zero attached hydrogens (tertiary/aromatic N) is 2. The Bertz CT molecular complexity index is 1510. The molecule has 8 nitrogen and oxygen atoms in total. The summed E-state index contributed by atoms with van der Waals surface area (Å²) in [5.74, 6) is 0.164. The number of aliphatic hydroxyl groups is 1. The molecule has 0 unspecified atom stereocenters. The number of fused-ring (bicyclic) bond motifs is 1. The number of amides is 3. The zero-order valence-electron chi connectivity index (χ0n) is 25.0. The van der Waals surface area contributed by atoms with Gasteiger partial charge in [0.15, 0.2) is 0 Å². The van der Waals surface area contributed by atoms with Crippen LogP contribution >= 0.6 is 23.2 Å². The first-order valence-electron chi connectivity index (χ1n) is 14.3. The topological polar surface area (TPSA) is 94.1 Å². The first-order valence-corrected chi connectivity index (χ1v) is 15.1. The zero-order chi connectivity index (χ0) is 32.9. The normalized spacial score (nSPS) is 17.9. The van der Waals surface area contributed by atoms with Gasteiger partial charge in [-0.25, -0.2) is 4.79 Å². The molecule has 3 atom stereocenters. The summed E-state index contributed by atoms with van der Waals surface area (Å²) in [5, 5.41) is 16.0. The third kappa shape index (κ3) is 9.26. The van der Waals surface area contributed by atoms with Crippen molar-refractivity contribution in [3.63, 3.8) is 0 Å². The van der Waals surface area contributed by atoms with Gasteiger partial charge in [-0.3, -0.25) is 9.69 Å². The van der Waals surface area contributed by atoms with Crippen molar-refractivity contribution < 1.29 is 32.6 Å². The van der Waals surface area contributed by atoms with Crippen LogP contribution in [0.1, 0.15) is 30.5 Å². The molecular formula is C32H35Cl2F3N4O4. The van der Waals surface area contributed by atoms with Crippen LogP contribution < -0.4 is 15.4 Å². The average Bonchev–Trinajstić information content (AvgIpc) is 3.01. The van der Waals surface area contributed by atoms with Gasteiger partial charge in [0.2, 0.25) is 5.91 Å². The van der Waals surface area contributed by atoms with E-state index in [-0.39, 0.29) is 36.6 Å². The second-order valence-electron chi connectivity index (χ2n) is 11.3. The highest BCUT2D eigenvalue weighted by molar-refractivity contribution is 6.42. The minimum atomic E-state index is -4.48. The van der Waals surface area contributed by atoms with E-state index in [0.29, 0.717) is 46.7 Å². The Hall–Kier alpha value is -3.51. The molecule has 0 saturated carbocycles. The third-order valence-corrected chi connectivity index (χ3v) is 8.31. The van der Waals surface area contributed by atoms with Crippen LogP contribution in [0.4, 0.5) is 29.3 Å². The Kier molecular flexibility index (Phi) is 11.2. The first kappa shape index (κ1) is 34.4. The highest BCUT2D eigenvalue weighted by Gasteiger charge is 2.32. The molecule has 1 aliphatic rings. The third-order valence-electron chi connectivity index (χ3n) is 7.57. The largest absolute Gasteiger partial charge is 0.488 e. The number of alkyl halides is 3. The Morgan fingerprint density at radius 3 is 2.38 bits per heavy atom. The molecule has 4 rings (SSSR count). The summed E-state index contributed by atoms with van der Waals surface area (Å²) in [6.45, 7) is 5.00. The number of ether oxygens (including phenoxy) is 1. The molecule has 3 amide bonds. The summed E-state index contributed by atoms with van der Waals surface area (Å²) >= 11 is 12.3. The molecule has 1 heterocycles. The number of hydrogen-bond donors (Lipinski definition) is 3. The van der Waals surface area contributed by atoms with E-state index in [2.05, 4.69) is 15.5 Å². The lowest BCUT2D eigenvalue weighted by Crippen LogP contribution is -2.47. The fourth-order valence-electron chi connectivity index (χ4n) is 5.08. The van der Waals surface area contributed by atoms with Crippen LogP contribution in [0.5, 0.6) is 5.75 Å². The van der Waals surface area contributed by atoms with Crippen molar-refractivity contribution in [2.45, 2.75) is 45.1 Å². The van der Waals surface area contributed by atoms with E-state index >= 15 is 0 Å². The van der Waals surface area contributed by atoms with Crippen molar-refractivity contribution in [1.82, 2.24) is 9.80 Å². The second kappa shape index (κ2) is 14.7. The summed E-state index contributed by atoms with van der Waals surface area (Å²) in [6, 6.07) is 13.4. The van der Waals surface area contributed by atoms with Crippen molar-refractivity contribution in [2.75, 3.05) is 37.4 Å². The lowest BCUT2D eigenvalue weighted by molar-refractivity contribution is -0.137. The van der Waals surface area contributed by atoms with E-state index in [1.165, 1.54) is 0 Å².